The molecule has 9 heteroatoms. The maximum absolute atomic E-state index is 12.5. The summed E-state index contributed by atoms with van der Waals surface area (Å²) in [6.45, 7) is -0.225. The average Bonchev–Trinajstić information content (AvgIpc) is 3.25. The van der Waals surface area contributed by atoms with E-state index in [-0.39, 0.29) is 35.8 Å². The van der Waals surface area contributed by atoms with E-state index >= 15 is 0 Å². The van der Waals surface area contributed by atoms with Crippen LogP contribution < -0.4 is 10.1 Å². The van der Waals surface area contributed by atoms with Crippen molar-refractivity contribution in [1.29, 1.82) is 0 Å². The number of nitrogens with zero attached hydrogens (tertiary/aromatic N) is 1. The molecule has 2 aromatic rings. The molecule has 1 N–H and O–H groups in total. The Kier molecular flexibility index (Phi) is 6.46. The summed E-state index contributed by atoms with van der Waals surface area (Å²) in [5, 5.41) is 2.82. The molecule has 1 atom stereocenters. The van der Waals surface area contributed by atoms with Crippen molar-refractivity contribution in [2.75, 3.05) is 19.7 Å². The van der Waals surface area contributed by atoms with Gasteiger partial charge < -0.3 is 19.4 Å². The fourth-order valence-corrected chi connectivity index (χ4v) is 3.13. The first-order valence-corrected chi connectivity index (χ1v) is 9.21. The molecule has 0 aliphatic carbocycles. The van der Waals surface area contributed by atoms with Gasteiger partial charge in [-0.3, -0.25) is 9.59 Å². The molecule has 1 saturated heterocycles. The fraction of sp³-hybridized carbons (Fsp3) is 0.400. The van der Waals surface area contributed by atoms with Crippen LogP contribution in [0, 0.1) is 5.92 Å². The minimum Gasteiger partial charge on any atom is -0.484 e. The van der Waals surface area contributed by atoms with Crippen LogP contribution in [0.5, 0.6) is 5.75 Å². The maximum Gasteiger partial charge on any atom is 0.422 e. The number of benzene rings is 1. The van der Waals surface area contributed by atoms with Gasteiger partial charge in [0, 0.05) is 19.6 Å². The molecule has 0 spiro atoms. The number of nitrogens with one attached hydrogen (secondary N) is 1. The first-order chi connectivity index (χ1) is 13.8. The average molecular weight is 410 g/mol. The molecule has 0 radical (unpaired) electrons. The van der Waals surface area contributed by atoms with Crippen LogP contribution in [0.2, 0.25) is 0 Å². The van der Waals surface area contributed by atoms with Crippen molar-refractivity contribution in [2.45, 2.75) is 25.6 Å². The molecule has 1 aliphatic rings. The summed E-state index contributed by atoms with van der Waals surface area (Å²) < 4.78 is 46.3. The molecule has 0 bridgehead atoms. The van der Waals surface area contributed by atoms with Gasteiger partial charge in [0.05, 0.1) is 12.2 Å². The van der Waals surface area contributed by atoms with Crippen LogP contribution in [-0.4, -0.2) is 42.6 Å². The van der Waals surface area contributed by atoms with E-state index in [1.807, 2.05) is 0 Å². The Labute approximate surface area is 165 Å². The molecule has 1 fully saturated rings. The lowest BCUT2D eigenvalue weighted by Gasteiger charge is -2.31. The predicted octanol–water partition coefficient (Wildman–Crippen LogP) is 3.39. The third-order valence-corrected chi connectivity index (χ3v) is 4.60. The normalized spacial score (nSPS) is 17.1. The predicted molar refractivity (Wildman–Crippen MR) is 97.2 cm³/mol. The number of ether oxygens (including phenoxy) is 1. The summed E-state index contributed by atoms with van der Waals surface area (Å²) in [4.78, 5) is 26.5. The van der Waals surface area contributed by atoms with Crippen LogP contribution in [0.15, 0.2) is 47.1 Å². The minimum absolute atomic E-state index is 0.108. The smallest absolute Gasteiger partial charge is 0.422 e. The highest BCUT2D eigenvalue weighted by molar-refractivity contribution is 5.92. The quantitative estimate of drug-likeness (QED) is 0.793. The van der Waals surface area contributed by atoms with Gasteiger partial charge in [0.25, 0.3) is 5.91 Å². The van der Waals surface area contributed by atoms with E-state index in [4.69, 9.17) is 4.42 Å². The molecular weight excluding hydrogens is 389 g/mol. The van der Waals surface area contributed by atoms with E-state index in [1.165, 1.54) is 18.4 Å². The Morgan fingerprint density at radius 2 is 1.97 bits per heavy atom. The van der Waals surface area contributed by atoms with Crippen LogP contribution in [0.25, 0.3) is 0 Å². The molecule has 1 aromatic carbocycles. The van der Waals surface area contributed by atoms with E-state index in [9.17, 15) is 22.8 Å². The fourth-order valence-electron chi connectivity index (χ4n) is 3.13. The number of piperidine rings is 1. The van der Waals surface area contributed by atoms with E-state index in [0.29, 0.717) is 19.5 Å². The van der Waals surface area contributed by atoms with E-state index in [1.54, 1.807) is 29.2 Å². The minimum atomic E-state index is -4.39. The summed E-state index contributed by atoms with van der Waals surface area (Å²) >= 11 is 0. The standard InChI is InChI=1S/C20H21F3N2O4/c21-20(22,23)13-29-16-7-5-14(6-8-16)11-24-18(26)15-3-1-9-25(12-15)19(27)17-4-2-10-28-17/h2,4-8,10,15H,1,3,9,11-13H2,(H,24,26)/t15-/m0/s1. The van der Waals surface area contributed by atoms with Gasteiger partial charge in [-0.15, -0.1) is 0 Å². The topological polar surface area (TPSA) is 71.8 Å². The highest BCUT2D eigenvalue weighted by atomic mass is 19.4. The number of carbonyl (C=O) groups is 2. The van der Waals surface area contributed by atoms with E-state index in [0.717, 1.165) is 12.0 Å². The summed E-state index contributed by atoms with van der Waals surface area (Å²) in [6.07, 6.45) is -1.56. The van der Waals surface area contributed by atoms with Crippen molar-refractivity contribution < 1.29 is 31.9 Å². The number of rotatable bonds is 6. The molecule has 6 nitrogen and oxygen atoms in total. The highest BCUT2D eigenvalue weighted by Crippen LogP contribution is 2.21. The van der Waals surface area contributed by atoms with Crippen LogP contribution in [0.1, 0.15) is 29.0 Å². The molecular formula is C20H21F3N2O4. The van der Waals surface area contributed by atoms with Gasteiger partial charge >= 0.3 is 6.18 Å². The lowest BCUT2D eigenvalue weighted by Crippen LogP contribution is -2.45. The Balaban J connectivity index is 1.48. The lowest BCUT2D eigenvalue weighted by molar-refractivity contribution is -0.153. The zero-order valence-electron chi connectivity index (χ0n) is 15.6. The third-order valence-electron chi connectivity index (χ3n) is 4.60. The Hall–Kier alpha value is -2.97. The van der Waals surface area contributed by atoms with Crippen molar-refractivity contribution in [3.8, 4) is 5.75 Å². The number of hydrogen-bond donors (Lipinski definition) is 1. The van der Waals surface area contributed by atoms with Crippen LogP contribution >= 0.6 is 0 Å². The number of hydrogen-bond acceptors (Lipinski definition) is 4. The van der Waals surface area contributed by atoms with Gasteiger partial charge in [-0.1, -0.05) is 12.1 Å². The number of likely N-dealkylation sites (tertiary alicyclic amines) is 1. The Morgan fingerprint density at radius 1 is 1.21 bits per heavy atom. The van der Waals surface area contributed by atoms with Crippen molar-refractivity contribution in [3.05, 3.63) is 54.0 Å². The monoisotopic (exact) mass is 410 g/mol. The van der Waals surface area contributed by atoms with Crippen molar-refractivity contribution in [1.82, 2.24) is 10.2 Å². The van der Waals surface area contributed by atoms with Gasteiger partial charge in [-0.2, -0.15) is 13.2 Å². The molecule has 0 saturated carbocycles. The summed E-state index contributed by atoms with van der Waals surface area (Å²) in [6, 6.07) is 9.28. The molecule has 29 heavy (non-hydrogen) atoms. The van der Waals surface area contributed by atoms with Crippen LogP contribution in [-0.2, 0) is 11.3 Å². The molecule has 0 unspecified atom stereocenters. The Bertz CT molecular complexity index is 819. The lowest BCUT2D eigenvalue weighted by atomic mass is 9.96. The zero-order valence-corrected chi connectivity index (χ0v) is 15.6. The molecule has 1 aromatic heterocycles. The number of carbonyl (C=O) groups excluding carboxylic acids is 2. The van der Waals surface area contributed by atoms with Gasteiger partial charge in [0.2, 0.25) is 5.91 Å². The van der Waals surface area contributed by atoms with Crippen LogP contribution in [0.3, 0.4) is 0 Å². The second-order valence-corrected chi connectivity index (χ2v) is 6.83. The van der Waals surface area contributed by atoms with Gasteiger partial charge in [0.15, 0.2) is 12.4 Å². The zero-order chi connectivity index (χ0) is 20.9. The van der Waals surface area contributed by atoms with Crippen molar-refractivity contribution in [2.24, 2.45) is 5.92 Å². The van der Waals surface area contributed by atoms with E-state index in [2.05, 4.69) is 10.1 Å². The van der Waals surface area contributed by atoms with Crippen LogP contribution in [0.4, 0.5) is 13.2 Å². The SMILES string of the molecule is O=C(NCc1ccc(OCC(F)(F)F)cc1)[C@H]1CCCN(C(=O)c2ccco2)C1. The summed E-state index contributed by atoms with van der Waals surface area (Å²) in [5.74, 6) is -0.367. The van der Waals surface area contributed by atoms with Gasteiger partial charge in [0.1, 0.15) is 5.75 Å². The number of furan rings is 1. The highest BCUT2D eigenvalue weighted by Gasteiger charge is 2.30. The number of amides is 2. The molecule has 156 valence electrons. The van der Waals surface area contributed by atoms with E-state index < -0.39 is 12.8 Å². The Morgan fingerprint density at radius 3 is 2.62 bits per heavy atom. The molecule has 2 amide bonds. The second kappa shape index (κ2) is 9.02. The van der Waals surface area contributed by atoms with Crippen molar-refractivity contribution in [3.63, 3.8) is 0 Å². The molecule has 1 aliphatic heterocycles. The first-order valence-electron chi connectivity index (χ1n) is 9.21. The largest absolute Gasteiger partial charge is 0.484 e. The number of halogens is 3. The summed E-state index contributed by atoms with van der Waals surface area (Å²) in [7, 11) is 0. The number of alkyl halides is 3. The summed E-state index contributed by atoms with van der Waals surface area (Å²) in [5.41, 5.74) is 0.733. The maximum atomic E-state index is 12.5. The van der Waals surface area contributed by atoms with Gasteiger partial charge in [-0.25, -0.2) is 0 Å². The van der Waals surface area contributed by atoms with Gasteiger partial charge in [-0.05, 0) is 42.7 Å². The molecule has 3 rings (SSSR count). The third kappa shape index (κ3) is 6.00. The first kappa shape index (κ1) is 20.8. The second-order valence-electron chi connectivity index (χ2n) is 6.83. The molecule has 2 heterocycles. The van der Waals surface area contributed by atoms with Crippen molar-refractivity contribution >= 4 is 11.8 Å².